The molecule has 1 saturated heterocycles. The van der Waals surface area contributed by atoms with Crippen LogP contribution in [0.2, 0.25) is 0 Å². The number of rotatable bonds is 3. The molecule has 1 heterocycles. The molecule has 3 saturated carbocycles. The molecule has 0 spiro atoms. The van der Waals surface area contributed by atoms with E-state index in [-0.39, 0.29) is 17.9 Å². The third-order valence-corrected chi connectivity index (χ3v) is 6.22. The first-order valence-corrected chi connectivity index (χ1v) is 8.52. The number of fused-ring (bicyclic) bond motifs is 2. The van der Waals surface area contributed by atoms with E-state index in [1.165, 1.54) is 45.2 Å². The highest BCUT2D eigenvalue weighted by atomic mass is 16.2. The minimum Gasteiger partial charge on any atom is -0.353 e. The van der Waals surface area contributed by atoms with Crippen LogP contribution in [-0.4, -0.2) is 42.0 Å². The minimum absolute atomic E-state index is 0.107. The molecule has 2 bridgehead atoms. The van der Waals surface area contributed by atoms with Crippen LogP contribution in [0.3, 0.4) is 0 Å². The summed E-state index contributed by atoms with van der Waals surface area (Å²) in [6.45, 7) is 2.33. The number of hydrogen-bond acceptors (Lipinski definition) is 3. The molecule has 3 aliphatic carbocycles. The predicted molar refractivity (Wildman–Crippen MR) is 78.1 cm³/mol. The average Bonchev–Trinajstić information content (AvgIpc) is 3.11. The summed E-state index contributed by atoms with van der Waals surface area (Å²) in [6.07, 6.45) is 8.68. The summed E-state index contributed by atoms with van der Waals surface area (Å²) in [7, 11) is 0. The first-order valence-electron chi connectivity index (χ1n) is 8.52. The van der Waals surface area contributed by atoms with Gasteiger partial charge in [-0.25, -0.2) is 0 Å². The Morgan fingerprint density at radius 3 is 2.30 bits per heavy atom. The Hall–Kier alpha value is -0.610. The van der Waals surface area contributed by atoms with Gasteiger partial charge in [0.2, 0.25) is 5.91 Å². The van der Waals surface area contributed by atoms with E-state index in [9.17, 15) is 4.79 Å². The fourth-order valence-corrected chi connectivity index (χ4v) is 4.87. The van der Waals surface area contributed by atoms with Crippen molar-refractivity contribution in [2.45, 2.75) is 63.1 Å². The maximum absolute atomic E-state index is 12.5. The number of likely N-dealkylation sites (tertiary alicyclic amines) is 1. The average molecular weight is 277 g/mol. The third-order valence-electron chi connectivity index (χ3n) is 6.22. The highest BCUT2D eigenvalue weighted by Crippen LogP contribution is 2.47. The number of piperidine rings is 1. The van der Waals surface area contributed by atoms with Crippen LogP contribution in [0.1, 0.15) is 44.9 Å². The van der Waals surface area contributed by atoms with Crippen molar-refractivity contribution in [3.63, 3.8) is 0 Å². The van der Waals surface area contributed by atoms with Gasteiger partial charge in [-0.15, -0.1) is 0 Å². The molecule has 1 amide bonds. The van der Waals surface area contributed by atoms with Crippen LogP contribution >= 0.6 is 0 Å². The van der Waals surface area contributed by atoms with E-state index in [0.29, 0.717) is 17.9 Å². The number of nitrogens with zero attached hydrogens (tertiary/aromatic N) is 1. The quantitative estimate of drug-likeness (QED) is 0.812. The summed E-state index contributed by atoms with van der Waals surface area (Å²) in [5.74, 6) is 1.55. The number of carbonyl (C=O) groups excluding carboxylic acids is 1. The zero-order valence-electron chi connectivity index (χ0n) is 12.3. The zero-order chi connectivity index (χ0) is 13.7. The lowest BCUT2D eigenvalue weighted by atomic mass is 9.84. The van der Waals surface area contributed by atoms with Crippen LogP contribution < -0.4 is 11.1 Å². The molecule has 20 heavy (non-hydrogen) atoms. The van der Waals surface area contributed by atoms with Crippen molar-refractivity contribution >= 4 is 5.91 Å². The van der Waals surface area contributed by atoms with E-state index >= 15 is 0 Å². The lowest BCUT2D eigenvalue weighted by molar-refractivity contribution is -0.128. The summed E-state index contributed by atoms with van der Waals surface area (Å²) >= 11 is 0. The molecule has 0 radical (unpaired) electrons. The Balaban J connectivity index is 1.30. The second-order valence-electron chi connectivity index (χ2n) is 7.49. The van der Waals surface area contributed by atoms with Crippen LogP contribution in [-0.2, 0) is 4.79 Å². The van der Waals surface area contributed by atoms with Crippen molar-refractivity contribution in [1.82, 2.24) is 10.2 Å². The number of nitrogens with one attached hydrogen (secondary N) is 1. The normalized spacial score (nSPS) is 42.0. The predicted octanol–water partition coefficient (Wildman–Crippen LogP) is 1.10. The molecule has 4 aliphatic rings. The number of amides is 1. The second-order valence-corrected chi connectivity index (χ2v) is 7.49. The van der Waals surface area contributed by atoms with Gasteiger partial charge >= 0.3 is 0 Å². The molecule has 4 fully saturated rings. The van der Waals surface area contributed by atoms with Gasteiger partial charge in [0.1, 0.15) is 0 Å². The van der Waals surface area contributed by atoms with E-state index < -0.39 is 0 Å². The van der Waals surface area contributed by atoms with Gasteiger partial charge in [0, 0.05) is 31.2 Å². The Morgan fingerprint density at radius 2 is 1.70 bits per heavy atom. The molecule has 1 aliphatic heterocycles. The van der Waals surface area contributed by atoms with Crippen LogP contribution in [0, 0.1) is 17.8 Å². The van der Waals surface area contributed by atoms with Gasteiger partial charge in [0.25, 0.3) is 0 Å². The lowest BCUT2D eigenvalue weighted by Gasteiger charge is -2.34. The Morgan fingerprint density at radius 1 is 1.00 bits per heavy atom. The smallest absolute Gasteiger partial charge is 0.225 e. The van der Waals surface area contributed by atoms with Crippen LogP contribution in [0.25, 0.3) is 0 Å². The van der Waals surface area contributed by atoms with E-state index in [2.05, 4.69) is 10.2 Å². The number of hydrogen-bond donors (Lipinski definition) is 2. The third kappa shape index (κ3) is 2.27. The molecule has 0 aromatic rings. The highest BCUT2D eigenvalue weighted by molar-refractivity contribution is 5.80. The van der Waals surface area contributed by atoms with Crippen molar-refractivity contribution in [2.75, 3.05) is 13.1 Å². The van der Waals surface area contributed by atoms with Crippen molar-refractivity contribution in [3.8, 4) is 0 Å². The molecule has 3 N–H and O–H groups in total. The minimum atomic E-state index is 0.107. The molecular weight excluding hydrogens is 250 g/mol. The standard InChI is InChI=1S/C16H27N3O/c17-15-11-2-1-10(9-11)14(15)16(20)18-12-5-7-19(8-6-12)13-3-4-13/h10-15H,1-9,17H2,(H,18,20). The molecule has 4 heteroatoms. The van der Waals surface area contributed by atoms with Crippen molar-refractivity contribution in [2.24, 2.45) is 23.5 Å². The first kappa shape index (κ1) is 13.1. The van der Waals surface area contributed by atoms with Crippen LogP contribution in [0.15, 0.2) is 0 Å². The highest BCUT2D eigenvalue weighted by Gasteiger charge is 2.49. The molecular formula is C16H27N3O. The fraction of sp³-hybridized carbons (Fsp3) is 0.938. The molecule has 4 nitrogen and oxygen atoms in total. The van der Waals surface area contributed by atoms with Gasteiger partial charge in [0.05, 0.1) is 5.92 Å². The largest absolute Gasteiger partial charge is 0.353 e. The maximum atomic E-state index is 12.5. The van der Waals surface area contributed by atoms with Gasteiger partial charge in [-0.05, 0) is 56.8 Å². The number of carbonyl (C=O) groups is 1. The van der Waals surface area contributed by atoms with Gasteiger partial charge in [-0.3, -0.25) is 4.79 Å². The topological polar surface area (TPSA) is 58.4 Å². The van der Waals surface area contributed by atoms with E-state index in [0.717, 1.165) is 18.9 Å². The molecule has 0 aromatic carbocycles. The summed E-state index contributed by atoms with van der Waals surface area (Å²) < 4.78 is 0. The fourth-order valence-electron chi connectivity index (χ4n) is 4.87. The molecule has 4 rings (SSSR count). The SMILES string of the molecule is NC1C2CCC(C2)C1C(=O)NC1CCN(C2CC2)CC1. The van der Waals surface area contributed by atoms with E-state index in [4.69, 9.17) is 5.73 Å². The van der Waals surface area contributed by atoms with Gasteiger partial charge < -0.3 is 16.0 Å². The summed E-state index contributed by atoms with van der Waals surface area (Å²) in [5, 5.41) is 3.31. The lowest BCUT2D eigenvalue weighted by Crippen LogP contribution is -2.51. The molecule has 0 aromatic heterocycles. The Kier molecular flexibility index (Phi) is 3.26. The summed E-state index contributed by atoms with van der Waals surface area (Å²) in [4.78, 5) is 15.1. The molecule has 4 atom stereocenters. The summed E-state index contributed by atoms with van der Waals surface area (Å²) in [5.41, 5.74) is 6.27. The zero-order valence-corrected chi connectivity index (χ0v) is 12.3. The van der Waals surface area contributed by atoms with Gasteiger partial charge in [-0.1, -0.05) is 0 Å². The second kappa shape index (κ2) is 4.99. The maximum Gasteiger partial charge on any atom is 0.225 e. The van der Waals surface area contributed by atoms with Crippen molar-refractivity contribution < 1.29 is 4.79 Å². The van der Waals surface area contributed by atoms with Gasteiger partial charge in [-0.2, -0.15) is 0 Å². The first-order chi connectivity index (χ1) is 9.72. The van der Waals surface area contributed by atoms with Gasteiger partial charge in [0.15, 0.2) is 0 Å². The monoisotopic (exact) mass is 277 g/mol. The van der Waals surface area contributed by atoms with E-state index in [1.54, 1.807) is 0 Å². The number of nitrogens with two attached hydrogens (primary N) is 1. The van der Waals surface area contributed by atoms with Crippen molar-refractivity contribution in [3.05, 3.63) is 0 Å². The Bertz CT molecular complexity index is 385. The summed E-state index contributed by atoms with van der Waals surface area (Å²) in [6, 6.07) is 1.38. The van der Waals surface area contributed by atoms with E-state index in [1.807, 2.05) is 0 Å². The van der Waals surface area contributed by atoms with Crippen LogP contribution in [0.4, 0.5) is 0 Å². The van der Waals surface area contributed by atoms with Crippen LogP contribution in [0.5, 0.6) is 0 Å². The molecule has 112 valence electrons. The Labute approximate surface area is 121 Å². The molecule has 4 unspecified atom stereocenters. The van der Waals surface area contributed by atoms with Crippen molar-refractivity contribution in [1.29, 1.82) is 0 Å².